The number of carbonyl (C=O) groups is 1. The molecule has 1 N–H and O–H groups in total. The van der Waals surface area contributed by atoms with Crippen LogP contribution in [0, 0.1) is 18.6 Å². The molecule has 0 saturated heterocycles. The van der Waals surface area contributed by atoms with Crippen molar-refractivity contribution in [1.29, 1.82) is 0 Å². The summed E-state index contributed by atoms with van der Waals surface area (Å²) in [5.41, 5.74) is 1.11. The molecule has 0 fully saturated rings. The van der Waals surface area contributed by atoms with E-state index in [0.717, 1.165) is 0 Å². The van der Waals surface area contributed by atoms with Crippen molar-refractivity contribution in [3.63, 3.8) is 0 Å². The molecule has 1 atom stereocenters. The molecule has 0 spiro atoms. The summed E-state index contributed by atoms with van der Waals surface area (Å²) in [6, 6.07) is 8.48. The molecule has 0 radical (unpaired) electrons. The molecule has 2 nitrogen and oxygen atoms in total. The molecule has 0 aliphatic carbocycles. The van der Waals surface area contributed by atoms with Gasteiger partial charge >= 0.3 is 0 Å². The summed E-state index contributed by atoms with van der Waals surface area (Å²) in [6.45, 7) is 3.39. The summed E-state index contributed by atoms with van der Waals surface area (Å²) in [5, 5.41) is 2.66. The van der Waals surface area contributed by atoms with E-state index in [1.807, 2.05) is 0 Å². The number of nitrogens with one attached hydrogen (secondary N) is 1. The zero-order valence-corrected chi connectivity index (χ0v) is 13.2. The van der Waals surface area contributed by atoms with Gasteiger partial charge in [0.25, 0.3) is 5.91 Å². The number of benzene rings is 2. The van der Waals surface area contributed by atoms with Gasteiger partial charge in [0.1, 0.15) is 11.6 Å². The van der Waals surface area contributed by atoms with Gasteiger partial charge in [-0.15, -0.1) is 0 Å². The zero-order valence-electron chi connectivity index (χ0n) is 11.6. The Kier molecular flexibility index (Phi) is 4.73. The standard InChI is InChI=1S/C16H14BrF2NO/c1-9-3-4-11(7-15(9)19)10(2)20-16(21)13-8-12(17)5-6-14(13)18/h3-8,10H,1-2H3,(H,20,21). The molecule has 1 unspecified atom stereocenters. The van der Waals surface area contributed by atoms with Crippen LogP contribution in [0.25, 0.3) is 0 Å². The lowest BCUT2D eigenvalue weighted by Gasteiger charge is -2.15. The lowest BCUT2D eigenvalue weighted by Crippen LogP contribution is -2.27. The average Bonchev–Trinajstić information content (AvgIpc) is 2.44. The van der Waals surface area contributed by atoms with E-state index < -0.39 is 17.8 Å². The van der Waals surface area contributed by atoms with E-state index in [0.29, 0.717) is 15.6 Å². The Labute approximate surface area is 130 Å². The maximum absolute atomic E-state index is 13.6. The van der Waals surface area contributed by atoms with Crippen molar-refractivity contribution in [2.75, 3.05) is 0 Å². The first-order chi connectivity index (χ1) is 9.88. The van der Waals surface area contributed by atoms with Gasteiger partial charge in [0.05, 0.1) is 11.6 Å². The van der Waals surface area contributed by atoms with Gasteiger partial charge in [-0.2, -0.15) is 0 Å². The minimum Gasteiger partial charge on any atom is -0.345 e. The highest BCUT2D eigenvalue weighted by Crippen LogP contribution is 2.19. The molecule has 5 heteroatoms. The summed E-state index contributed by atoms with van der Waals surface area (Å²) in [5.74, 6) is -1.47. The van der Waals surface area contributed by atoms with Crippen LogP contribution in [0.2, 0.25) is 0 Å². The van der Waals surface area contributed by atoms with E-state index in [2.05, 4.69) is 21.2 Å². The molecule has 0 aromatic heterocycles. The Hall–Kier alpha value is -1.75. The Balaban J connectivity index is 2.18. The van der Waals surface area contributed by atoms with Crippen molar-refractivity contribution >= 4 is 21.8 Å². The van der Waals surface area contributed by atoms with E-state index in [1.54, 1.807) is 26.0 Å². The monoisotopic (exact) mass is 353 g/mol. The van der Waals surface area contributed by atoms with E-state index in [1.165, 1.54) is 24.3 Å². The fourth-order valence-electron chi connectivity index (χ4n) is 1.91. The largest absolute Gasteiger partial charge is 0.345 e. The van der Waals surface area contributed by atoms with Crippen LogP contribution in [-0.2, 0) is 0 Å². The maximum Gasteiger partial charge on any atom is 0.254 e. The van der Waals surface area contributed by atoms with Gasteiger partial charge in [0.2, 0.25) is 0 Å². The number of hydrogen-bond acceptors (Lipinski definition) is 1. The van der Waals surface area contributed by atoms with Crippen LogP contribution in [0.5, 0.6) is 0 Å². The van der Waals surface area contributed by atoms with Crippen molar-refractivity contribution in [3.05, 3.63) is 69.2 Å². The van der Waals surface area contributed by atoms with Crippen molar-refractivity contribution in [3.8, 4) is 0 Å². The summed E-state index contributed by atoms with van der Waals surface area (Å²) in [4.78, 5) is 12.1. The molecule has 0 heterocycles. The van der Waals surface area contributed by atoms with Crippen LogP contribution in [0.15, 0.2) is 40.9 Å². The quantitative estimate of drug-likeness (QED) is 0.862. The predicted molar refractivity (Wildman–Crippen MR) is 81.1 cm³/mol. The van der Waals surface area contributed by atoms with E-state index >= 15 is 0 Å². The smallest absolute Gasteiger partial charge is 0.254 e. The third-order valence-corrected chi connectivity index (χ3v) is 3.71. The van der Waals surface area contributed by atoms with Crippen molar-refractivity contribution in [2.24, 2.45) is 0 Å². The zero-order chi connectivity index (χ0) is 15.6. The first kappa shape index (κ1) is 15.6. The van der Waals surface area contributed by atoms with Gasteiger partial charge in [0.15, 0.2) is 0 Å². The van der Waals surface area contributed by atoms with Gasteiger partial charge < -0.3 is 5.32 Å². The van der Waals surface area contributed by atoms with Crippen LogP contribution in [0.1, 0.15) is 34.5 Å². The Morgan fingerprint density at radius 2 is 1.86 bits per heavy atom. The number of amides is 1. The van der Waals surface area contributed by atoms with Crippen LogP contribution < -0.4 is 5.32 Å². The van der Waals surface area contributed by atoms with Crippen molar-refractivity contribution < 1.29 is 13.6 Å². The average molecular weight is 354 g/mol. The highest BCUT2D eigenvalue weighted by atomic mass is 79.9. The summed E-state index contributed by atoms with van der Waals surface area (Å²) >= 11 is 3.20. The lowest BCUT2D eigenvalue weighted by atomic mass is 10.1. The second kappa shape index (κ2) is 6.35. The third-order valence-electron chi connectivity index (χ3n) is 3.22. The van der Waals surface area contributed by atoms with Crippen LogP contribution in [0.3, 0.4) is 0 Å². The molecule has 0 aliphatic heterocycles. The molecule has 21 heavy (non-hydrogen) atoms. The van der Waals surface area contributed by atoms with Gasteiger partial charge in [-0.3, -0.25) is 4.79 Å². The molecule has 0 aliphatic rings. The Bertz CT molecular complexity index is 688. The molecule has 2 aromatic carbocycles. The predicted octanol–water partition coefficient (Wildman–Crippen LogP) is 4.53. The molecule has 0 saturated carbocycles. The molecule has 110 valence electrons. The lowest BCUT2D eigenvalue weighted by molar-refractivity contribution is 0.0935. The number of rotatable bonds is 3. The summed E-state index contributed by atoms with van der Waals surface area (Å²) in [7, 11) is 0. The van der Waals surface area contributed by atoms with Gasteiger partial charge in [-0.1, -0.05) is 28.1 Å². The SMILES string of the molecule is Cc1ccc(C(C)NC(=O)c2cc(Br)ccc2F)cc1F. The number of halogens is 3. The number of aryl methyl sites for hydroxylation is 1. The minimum atomic E-state index is -0.599. The second-order valence-corrected chi connectivity index (χ2v) is 5.74. The fourth-order valence-corrected chi connectivity index (χ4v) is 2.27. The summed E-state index contributed by atoms with van der Waals surface area (Å²) in [6.07, 6.45) is 0. The Morgan fingerprint density at radius 1 is 1.14 bits per heavy atom. The molecule has 1 amide bonds. The van der Waals surface area contributed by atoms with Crippen molar-refractivity contribution in [2.45, 2.75) is 19.9 Å². The van der Waals surface area contributed by atoms with Crippen LogP contribution in [-0.4, -0.2) is 5.91 Å². The van der Waals surface area contributed by atoms with Gasteiger partial charge in [-0.05, 0) is 49.2 Å². The first-order valence-electron chi connectivity index (χ1n) is 6.40. The van der Waals surface area contributed by atoms with E-state index in [4.69, 9.17) is 0 Å². The highest BCUT2D eigenvalue weighted by molar-refractivity contribution is 9.10. The normalized spacial score (nSPS) is 12.0. The topological polar surface area (TPSA) is 29.1 Å². The van der Waals surface area contributed by atoms with Gasteiger partial charge in [0, 0.05) is 4.47 Å². The number of carbonyl (C=O) groups excluding carboxylic acids is 1. The molecule has 0 bridgehead atoms. The maximum atomic E-state index is 13.6. The third kappa shape index (κ3) is 3.67. The molecular formula is C16H14BrF2NO. The van der Waals surface area contributed by atoms with Gasteiger partial charge in [-0.25, -0.2) is 8.78 Å². The molecule has 2 rings (SSSR count). The highest BCUT2D eigenvalue weighted by Gasteiger charge is 2.16. The van der Waals surface area contributed by atoms with E-state index in [-0.39, 0.29) is 11.4 Å². The Morgan fingerprint density at radius 3 is 2.52 bits per heavy atom. The summed E-state index contributed by atoms with van der Waals surface area (Å²) < 4.78 is 27.8. The molecule has 2 aromatic rings. The van der Waals surface area contributed by atoms with Crippen molar-refractivity contribution in [1.82, 2.24) is 5.32 Å². The minimum absolute atomic E-state index is 0.0520. The van der Waals surface area contributed by atoms with Crippen LogP contribution >= 0.6 is 15.9 Å². The molecular weight excluding hydrogens is 340 g/mol. The van der Waals surface area contributed by atoms with Crippen LogP contribution in [0.4, 0.5) is 8.78 Å². The first-order valence-corrected chi connectivity index (χ1v) is 7.19. The number of hydrogen-bond donors (Lipinski definition) is 1. The fraction of sp³-hybridized carbons (Fsp3) is 0.188. The van der Waals surface area contributed by atoms with E-state index in [9.17, 15) is 13.6 Å². The second-order valence-electron chi connectivity index (χ2n) is 4.83.